The third-order valence-corrected chi connectivity index (χ3v) is 2.70. The molecule has 1 aliphatic heterocycles. The number of carboxylic acids is 1. The van der Waals surface area contributed by atoms with Gasteiger partial charge in [-0.1, -0.05) is 0 Å². The number of nitrogens with zero attached hydrogens (tertiary/aromatic N) is 1. The smallest absolute Gasteiger partial charge is 0.308 e. The van der Waals surface area contributed by atoms with Crippen LogP contribution in [0, 0.1) is 11.7 Å². The molecule has 1 aromatic rings. The topological polar surface area (TPSA) is 77.8 Å². The third-order valence-electron chi connectivity index (χ3n) is 2.70. The minimum Gasteiger partial charge on any atom is -0.508 e. The predicted octanol–water partition coefficient (Wildman–Crippen LogP) is 0.969. The number of carbonyl (C=O) groups excluding carboxylic acids is 1. The molecule has 5 nitrogen and oxygen atoms in total. The Labute approximate surface area is 96.1 Å². The Morgan fingerprint density at radius 1 is 1.47 bits per heavy atom. The van der Waals surface area contributed by atoms with E-state index in [1.165, 1.54) is 12.1 Å². The number of amides is 1. The van der Waals surface area contributed by atoms with Crippen LogP contribution in [-0.4, -0.2) is 28.6 Å². The van der Waals surface area contributed by atoms with Crippen molar-refractivity contribution in [3.63, 3.8) is 0 Å². The number of hydrogen-bond donors (Lipinski definition) is 2. The van der Waals surface area contributed by atoms with Gasteiger partial charge in [0.25, 0.3) is 0 Å². The average molecular weight is 239 g/mol. The maximum Gasteiger partial charge on any atom is 0.308 e. The van der Waals surface area contributed by atoms with Gasteiger partial charge in [-0.25, -0.2) is 4.39 Å². The molecule has 1 aromatic carbocycles. The number of phenolic OH excluding ortho intramolecular Hbond substituents is 1. The fourth-order valence-corrected chi connectivity index (χ4v) is 1.82. The highest BCUT2D eigenvalue weighted by Gasteiger charge is 2.36. The van der Waals surface area contributed by atoms with Crippen molar-refractivity contribution in [3.05, 3.63) is 24.0 Å². The van der Waals surface area contributed by atoms with Crippen LogP contribution in [0.3, 0.4) is 0 Å². The number of rotatable bonds is 2. The monoisotopic (exact) mass is 239 g/mol. The molecule has 0 aliphatic carbocycles. The normalized spacial score (nSPS) is 19.7. The number of aromatic hydroxyl groups is 1. The number of halogens is 1. The molecule has 1 unspecified atom stereocenters. The standard InChI is InChI=1S/C11H10FNO4/c12-8-4-7(14)1-2-9(8)13-5-6(11(16)17)3-10(13)15/h1-2,4,6,14H,3,5H2,(H,16,17). The second kappa shape index (κ2) is 4.04. The maximum absolute atomic E-state index is 13.5. The predicted molar refractivity (Wildman–Crippen MR) is 56.2 cm³/mol. The van der Waals surface area contributed by atoms with Crippen molar-refractivity contribution in [3.8, 4) is 5.75 Å². The Bertz CT molecular complexity index is 488. The van der Waals surface area contributed by atoms with Gasteiger partial charge in [-0.05, 0) is 12.1 Å². The molecule has 1 aliphatic rings. The van der Waals surface area contributed by atoms with Crippen LogP contribution in [0.4, 0.5) is 10.1 Å². The largest absolute Gasteiger partial charge is 0.508 e. The van der Waals surface area contributed by atoms with Gasteiger partial charge < -0.3 is 15.1 Å². The van der Waals surface area contributed by atoms with E-state index in [4.69, 9.17) is 10.2 Å². The van der Waals surface area contributed by atoms with Crippen molar-refractivity contribution in [1.82, 2.24) is 0 Å². The minimum absolute atomic E-state index is 0.00319. The molecule has 1 atom stereocenters. The fraction of sp³-hybridized carbons (Fsp3) is 0.273. The lowest BCUT2D eigenvalue weighted by Crippen LogP contribution is -2.26. The van der Waals surface area contributed by atoms with Crippen molar-refractivity contribution < 1.29 is 24.2 Å². The molecule has 90 valence electrons. The van der Waals surface area contributed by atoms with E-state index in [0.717, 1.165) is 11.0 Å². The van der Waals surface area contributed by atoms with E-state index >= 15 is 0 Å². The summed E-state index contributed by atoms with van der Waals surface area (Å²) < 4.78 is 13.5. The number of phenols is 1. The van der Waals surface area contributed by atoms with E-state index in [9.17, 15) is 14.0 Å². The van der Waals surface area contributed by atoms with Crippen molar-refractivity contribution in [2.75, 3.05) is 11.4 Å². The molecule has 1 saturated heterocycles. The summed E-state index contributed by atoms with van der Waals surface area (Å²) >= 11 is 0. The molecule has 1 amide bonds. The van der Waals surface area contributed by atoms with E-state index < -0.39 is 23.6 Å². The summed E-state index contributed by atoms with van der Waals surface area (Å²) in [4.78, 5) is 23.4. The molecule has 2 N–H and O–H groups in total. The molecular formula is C11H10FNO4. The Hall–Kier alpha value is -2.11. The van der Waals surface area contributed by atoms with Crippen LogP contribution in [0.15, 0.2) is 18.2 Å². The summed E-state index contributed by atoms with van der Waals surface area (Å²) in [5, 5.41) is 17.8. The van der Waals surface area contributed by atoms with Crippen molar-refractivity contribution in [1.29, 1.82) is 0 Å². The highest BCUT2D eigenvalue weighted by Crippen LogP contribution is 2.29. The van der Waals surface area contributed by atoms with E-state index in [2.05, 4.69) is 0 Å². The van der Waals surface area contributed by atoms with Gasteiger partial charge in [-0.3, -0.25) is 9.59 Å². The van der Waals surface area contributed by atoms with Crippen molar-refractivity contribution >= 4 is 17.6 Å². The quantitative estimate of drug-likeness (QED) is 0.806. The zero-order valence-corrected chi connectivity index (χ0v) is 8.76. The van der Waals surface area contributed by atoms with Gasteiger partial charge >= 0.3 is 5.97 Å². The van der Waals surface area contributed by atoms with Gasteiger partial charge in [0.2, 0.25) is 5.91 Å². The molecule has 0 radical (unpaired) electrons. The van der Waals surface area contributed by atoms with Crippen molar-refractivity contribution in [2.24, 2.45) is 5.92 Å². The first-order valence-electron chi connectivity index (χ1n) is 5.00. The summed E-state index contributed by atoms with van der Waals surface area (Å²) in [7, 11) is 0. The molecule has 1 fully saturated rings. The van der Waals surface area contributed by atoms with Crippen LogP contribution in [0.1, 0.15) is 6.42 Å². The van der Waals surface area contributed by atoms with Crippen LogP contribution in [0.2, 0.25) is 0 Å². The molecule has 17 heavy (non-hydrogen) atoms. The van der Waals surface area contributed by atoms with Gasteiger partial charge in [0.05, 0.1) is 11.6 Å². The highest BCUT2D eigenvalue weighted by molar-refractivity contribution is 5.99. The van der Waals surface area contributed by atoms with Crippen LogP contribution < -0.4 is 4.90 Å². The number of hydrogen-bond acceptors (Lipinski definition) is 3. The van der Waals surface area contributed by atoms with E-state index in [1.54, 1.807) is 0 Å². The van der Waals surface area contributed by atoms with Gasteiger partial charge in [0.1, 0.15) is 5.75 Å². The first-order valence-corrected chi connectivity index (χ1v) is 5.00. The molecule has 0 bridgehead atoms. The number of benzene rings is 1. The second-order valence-electron chi connectivity index (χ2n) is 3.88. The molecule has 0 spiro atoms. The second-order valence-corrected chi connectivity index (χ2v) is 3.88. The van der Waals surface area contributed by atoms with Crippen LogP contribution >= 0.6 is 0 Å². The first-order chi connectivity index (χ1) is 7.99. The first kappa shape index (κ1) is 11.4. The van der Waals surface area contributed by atoms with Crippen molar-refractivity contribution in [2.45, 2.75) is 6.42 Å². The molecule has 1 heterocycles. The van der Waals surface area contributed by atoms with Gasteiger partial charge in [0.15, 0.2) is 5.82 Å². The summed E-state index contributed by atoms with van der Waals surface area (Å²) in [6.07, 6.45) is -0.129. The van der Waals surface area contributed by atoms with E-state index in [-0.39, 0.29) is 24.4 Å². The SMILES string of the molecule is O=C(O)C1CC(=O)N(c2ccc(O)cc2F)C1. The van der Waals surface area contributed by atoms with Gasteiger partial charge in [-0.15, -0.1) is 0 Å². The zero-order chi connectivity index (χ0) is 12.6. The summed E-state index contributed by atoms with van der Waals surface area (Å²) in [5.74, 6) is -3.30. The van der Waals surface area contributed by atoms with Crippen LogP contribution in [0.5, 0.6) is 5.75 Å². The third kappa shape index (κ3) is 2.06. The summed E-state index contributed by atoms with van der Waals surface area (Å²) in [5.41, 5.74) is -0.00319. The lowest BCUT2D eigenvalue weighted by Gasteiger charge is -2.16. The number of carboxylic acid groups (broad SMARTS) is 1. The fourth-order valence-electron chi connectivity index (χ4n) is 1.82. The Morgan fingerprint density at radius 2 is 2.18 bits per heavy atom. The minimum atomic E-state index is -1.07. The van der Waals surface area contributed by atoms with E-state index in [1.807, 2.05) is 0 Å². The summed E-state index contributed by atoms with van der Waals surface area (Å²) in [6.45, 7) is -0.0458. The molecular weight excluding hydrogens is 229 g/mol. The Morgan fingerprint density at radius 3 is 2.71 bits per heavy atom. The zero-order valence-electron chi connectivity index (χ0n) is 8.76. The summed E-state index contributed by atoms with van der Waals surface area (Å²) in [6, 6.07) is 3.39. The number of aliphatic carboxylic acids is 1. The molecule has 6 heteroatoms. The molecule has 0 aromatic heterocycles. The maximum atomic E-state index is 13.5. The van der Waals surface area contributed by atoms with Gasteiger partial charge in [-0.2, -0.15) is 0 Å². The Kier molecular flexibility index (Phi) is 2.71. The van der Waals surface area contributed by atoms with E-state index in [0.29, 0.717) is 0 Å². The average Bonchev–Trinajstić information content (AvgIpc) is 2.61. The van der Waals surface area contributed by atoms with Crippen LogP contribution in [0.25, 0.3) is 0 Å². The highest BCUT2D eigenvalue weighted by atomic mass is 19.1. The molecule has 0 saturated carbocycles. The lowest BCUT2D eigenvalue weighted by molar-refractivity contribution is -0.141. The van der Waals surface area contributed by atoms with Gasteiger partial charge in [0, 0.05) is 19.0 Å². The Balaban J connectivity index is 2.29. The number of carbonyl (C=O) groups is 2. The number of anilines is 1. The lowest BCUT2D eigenvalue weighted by atomic mass is 10.1. The molecule has 2 rings (SSSR count). The van der Waals surface area contributed by atoms with Crippen LogP contribution in [-0.2, 0) is 9.59 Å².